The van der Waals surface area contributed by atoms with Gasteiger partial charge in [-0.2, -0.15) is 15.3 Å². The van der Waals surface area contributed by atoms with Crippen LogP contribution in [0.1, 0.15) is 30.3 Å². The summed E-state index contributed by atoms with van der Waals surface area (Å²) in [5, 5.41) is 13.2. The highest BCUT2D eigenvalue weighted by Crippen LogP contribution is 2.33. The van der Waals surface area contributed by atoms with Crippen LogP contribution in [0, 0.1) is 6.92 Å². The van der Waals surface area contributed by atoms with E-state index in [0.717, 1.165) is 10.2 Å². The van der Waals surface area contributed by atoms with Crippen molar-refractivity contribution in [1.82, 2.24) is 39.2 Å². The molecule has 0 unspecified atom stereocenters. The van der Waals surface area contributed by atoms with Crippen LogP contribution in [-0.2, 0) is 31.5 Å². The Morgan fingerprint density at radius 2 is 2.03 bits per heavy atom. The predicted octanol–water partition coefficient (Wildman–Crippen LogP) is 3.72. The number of rotatable bonds is 7. The first kappa shape index (κ1) is 23.0. The summed E-state index contributed by atoms with van der Waals surface area (Å²) in [4.78, 5) is 19.1. The molecular formula is C21H23BrF2N8O. The fourth-order valence-electron chi connectivity index (χ4n) is 3.64. The van der Waals surface area contributed by atoms with E-state index in [4.69, 9.17) is 0 Å². The molecule has 0 aromatic carbocycles. The number of alkyl halides is 2. The number of carbonyl (C=O) groups is 1. The van der Waals surface area contributed by atoms with Crippen molar-refractivity contribution in [2.75, 3.05) is 7.05 Å². The summed E-state index contributed by atoms with van der Waals surface area (Å²) in [5.41, 5.74) is 2.14. The van der Waals surface area contributed by atoms with Gasteiger partial charge in [-0.15, -0.1) is 0 Å². The standard InChI is InChI=1S/C21H23BrF2N8O/c1-5-31-9-15(22)17(28-31)10-29(3)18(33)11-32-21-19(12(2)27-32)14(20(23)24)6-16(26-21)13-7-25-30(4)8-13/h6-9,20H,5,10-11H2,1-4H3. The molecule has 1 amide bonds. The van der Waals surface area contributed by atoms with E-state index in [1.54, 1.807) is 42.8 Å². The van der Waals surface area contributed by atoms with Crippen LogP contribution in [0.3, 0.4) is 0 Å². The summed E-state index contributed by atoms with van der Waals surface area (Å²) in [5.74, 6) is -0.246. The Hall–Kier alpha value is -3.15. The van der Waals surface area contributed by atoms with E-state index in [0.29, 0.717) is 30.0 Å². The van der Waals surface area contributed by atoms with Gasteiger partial charge in [0, 0.05) is 44.2 Å². The second-order valence-electron chi connectivity index (χ2n) is 7.77. The number of amides is 1. The zero-order chi connectivity index (χ0) is 23.9. The van der Waals surface area contributed by atoms with Crippen LogP contribution >= 0.6 is 15.9 Å². The number of carbonyl (C=O) groups excluding carboxylic acids is 1. The number of hydrogen-bond donors (Lipinski definition) is 0. The maximum Gasteiger partial charge on any atom is 0.264 e. The largest absolute Gasteiger partial charge is 0.338 e. The Bertz CT molecular complexity index is 1330. The van der Waals surface area contributed by atoms with Gasteiger partial charge in [0.25, 0.3) is 6.43 Å². The van der Waals surface area contributed by atoms with Gasteiger partial charge in [-0.05, 0) is 35.8 Å². The monoisotopic (exact) mass is 520 g/mol. The normalized spacial score (nSPS) is 11.6. The van der Waals surface area contributed by atoms with E-state index in [9.17, 15) is 13.6 Å². The van der Waals surface area contributed by atoms with Crippen molar-refractivity contribution in [3.05, 3.63) is 46.1 Å². The summed E-state index contributed by atoms with van der Waals surface area (Å²) in [6, 6.07) is 1.36. The van der Waals surface area contributed by atoms with Crippen molar-refractivity contribution in [3.8, 4) is 11.3 Å². The zero-order valence-corrected chi connectivity index (χ0v) is 20.2. The third-order valence-corrected chi connectivity index (χ3v) is 6.01. The molecule has 0 saturated heterocycles. The van der Waals surface area contributed by atoms with Crippen LogP contribution in [0.25, 0.3) is 22.3 Å². The molecule has 0 spiro atoms. The molecule has 0 radical (unpaired) electrons. The number of aryl methyl sites for hydroxylation is 3. The molecule has 0 aliphatic rings. The van der Waals surface area contributed by atoms with E-state index >= 15 is 0 Å². The molecule has 0 aliphatic carbocycles. The topological polar surface area (TPSA) is 86.7 Å². The lowest BCUT2D eigenvalue weighted by Gasteiger charge is -2.16. The van der Waals surface area contributed by atoms with Crippen LogP contribution in [0.2, 0.25) is 0 Å². The lowest BCUT2D eigenvalue weighted by molar-refractivity contribution is -0.131. The van der Waals surface area contributed by atoms with Crippen molar-refractivity contribution in [2.24, 2.45) is 7.05 Å². The Balaban J connectivity index is 1.67. The summed E-state index contributed by atoms with van der Waals surface area (Å²) in [7, 11) is 3.40. The molecule has 12 heteroatoms. The maximum atomic E-state index is 13.9. The highest BCUT2D eigenvalue weighted by Gasteiger charge is 2.23. The van der Waals surface area contributed by atoms with Gasteiger partial charge in [0.1, 0.15) is 6.54 Å². The molecule has 4 rings (SSSR count). The Labute approximate surface area is 197 Å². The van der Waals surface area contributed by atoms with E-state index < -0.39 is 6.43 Å². The zero-order valence-electron chi connectivity index (χ0n) is 18.6. The van der Waals surface area contributed by atoms with Crippen molar-refractivity contribution in [2.45, 2.75) is 39.9 Å². The van der Waals surface area contributed by atoms with Crippen LogP contribution in [0.5, 0.6) is 0 Å². The minimum atomic E-state index is -2.72. The molecule has 4 heterocycles. The molecule has 0 aliphatic heterocycles. The minimum Gasteiger partial charge on any atom is -0.338 e. The van der Waals surface area contributed by atoms with Crippen LogP contribution in [0.4, 0.5) is 8.78 Å². The number of fused-ring (bicyclic) bond motifs is 1. The minimum absolute atomic E-state index is 0.140. The van der Waals surface area contributed by atoms with Crippen molar-refractivity contribution in [3.63, 3.8) is 0 Å². The second kappa shape index (κ2) is 9.00. The SMILES string of the molecule is CCn1cc(Br)c(CN(C)C(=O)Cn2nc(C)c3c(C(F)F)cc(-c4cnn(C)c4)nc32)n1. The van der Waals surface area contributed by atoms with Crippen LogP contribution < -0.4 is 0 Å². The quantitative estimate of drug-likeness (QED) is 0.370. The summed E-state index contributed by atoms with van der Waals surface area (Å²) >= 11 is 3.46. The highest BCUT2D eigenvalue weighted by atomic mass is 79.9. The average molecular weight is 521 g/mol. The third-order valence-electron chi connectivity index (χ3n) is 5.35. The number of halogens is 3. The van der Waals surface area contributed by atoms with Gasteiger partial charge in [0.2, 0.25) is 5.91 Å². The fourth-order valence-corrected chi connectivity index (χ4v) is 4.08. The number of nitrogens with zero attached hydrogens (tertiary/aromatic N) is 8. The molecule has 0 fully saturated rings. The first-order chi connectivity index (χ1) is 15.7. The molecule has 174 valence electrons. The van der Waals surface area contributed by atoms with Gasteiger partial charge in [0.05, 0.1) is 39.7 Å². The molecule has 0 N–H and O–H groups in total. The van der Waals surface area contributed by atoms with Gasteiger partial charge < -0.3 is 4.90 Å². The number of likely N-dealkylation sites (N-methyl/N-ethyl adjacent to an activating group) is 1. The van der Waals surface area contributed by atoms with Crippen molar-refractivity contribution in [1.29, 1.82) is 0 Å². The Morgan fingerprint density at radius 1 is 1.27 bits per heavy atom. The first-order valence-corrected chi connectivity index (χ1v) is 11.1. The predicted molar refractivity (Wildman–Crippen MR) is 121 cm³/mol. The van der Waals surface area contributed by atoms with Gasteiger partial charge in [-0.3, -0.25) is 14.2 Å². The molecule has 9 nitrogen and oxygen atoms in total. The van der Waals surface area contributed by atoms with Crippen LogP contribution in [-0.4, -0.2) is 52.2 Å². The van der Waals surface area contributed by atoms with E-state index in [1.165, 1.54) is 15.6 Å². The summed E-state index contributed by atoms with van der Waals surface area (Å²) in [6.07, 6.45) is 2.40. The Morgan fingerprint density at radius 3 is 2.64 bits per heavy atom. The van der Waals surface area contributed by atoms with E-state index in [1.807, 2.05) is 13.1 Å². The van der Waals surface area contributed by atoms with Crippen molar-refractivity contribution < 1.29 is 13.6 Å². The number of pyridine rings is 1. The van der Waals surface area contributed by atoms with E-state index in [-0.39, 0.29) is 29.0 Å². The number of hydrogen-bond acceptors (Lipinski definition) is 5. The lowest BCUT2D eigenvalue weighted by Crippen LogP contribution is -2.30. The Kier molecular flexibility index (Phi) is 6.28. The van der Waals surface area contributed by atoms with E-state index in [2.05, 4.69) is 36.2 Å². The van der Waals surface area contributed by atoms with Gasteiger partial charge in [-0.1, -0.05) is 0 Å². The molecule has 4 aromatic rings. The molecule has 0 atom stereocenters. The average Bonchev–Trinajstić information content (AvgIpc) is 3.45. The molecule has 4 aromatic heterocycles. The van der Waals surface area contributed by atoms with Gasteiger partial charge in [-0.25, -0.2) is 18.4 Å². The molecule has 0 saturated carbocycles. The fraction of sp³-hybridized carbons (Fsp3) is 0.381. The van der Waals surface area contributed by atoms with Crippen molar-refractivity contribution >= 4 is 32.9 Å². The van der Waals surface area contributed by atoms with Gasteiger partial charge >= 0.3 is 0 Å². The van der Waals surface area contributed by atoms with Crippen LogP contribution in [0.15, 0.2) is 29.1 Å². The maximum absolute atomic E-state index is 13.9. The van der Waals surface area contributed by atoms with Gasteiger partial charge in [0.15, 0.2) is 5.65 Å². The number of aromatic nitrogens is 7. The summed E-state index contributed by atoms with van der Waals surface area (Å²) < 4.78 is 33.4. The third kappa shape index (κ3) is 4.52. The second-order valence-corrected chi connectivity index (χ2v) is 8.63. The first-order valence-electron chi connectivity index (χ1n) is 10.3. The smallest absolute Gasteiger partial charge is 0.264 e. The molecular weight excluding hydrogens is 498 g/mol. The lowest BCUT2D eigenvalue weighted by atomic mass is 10.1. The molecule has 33 heavy (non-hydrogen) atoms. The summed E-state index contributed by atoms with van der Waals surface area (Å²) in [6.45, 7) is 4.48. The molecule has 0 bridgehead atoms. The highest BCUT2D eigenvalue weighted by molar-refractivity contribution is 9.10.